The molecule has 1 aliphatic heterocycles. The SMILES string of the molecule is CN1CCC2CCCC(C=O)=C21. The lowest BCUT2D eigenvalue weighted by atomic mass is 9.88. The van der Waals surface area contributed by atoms with Gasteiger partial charge in [-0.15, -0.1) is 0 Å². The Balaban J connectivity index is 2.35. The summed E-state index contributed by atoms with van der Waals surface area (Å²) in [5, 5.41) is 0. The molecule has 0 spiro atoms. The molecule has 0 amide bonds. The van der Waals surface area contributed by atoms with Crippen molar-refractivity contribution in [3.8, 4) is 0 Å². The zero-order valence-corrected chi connectivity index (χ0v) is 7.55. The van der Waals surface area contributed by atoms with Crippen molar-refractivity contribution in [1.29, 1.82) is 0 Å². The van der Waals surface area contributed by atoms with E-state index in [0.717, 1.165) is 24.8 Å². The molecule has 0 radical (unpaired) electrons. The molecule has 0 aromatic rings. The molecule has 1 fully saturated rings. The zero-order valence-electron chi connectivity index (χ0n) is 7.55. The molecule has 1 unspecified atom stereocenters. The zero-order chi connectivity index (χ0) is 8.55. The maximum atomic E-state index is 10.8. The fraction of sp³-hybridized carbons (Fsp3) is 0.700. The smallest absolute Gasteiger partial charge is 0.147 e. The second-order valence-electron chi connectivity index (χ2n) is 3.83. The molecule has 0 aromatic heterocycles. The van der Waals surface area contributed by atoms with Gasteiger partial charge in [0.1, 0.15) is 6.29 Å². The van der Waals surface area contributed by atoms with Gasteiger partial charge >= 0.3 is 0 Å². The first-order valence-electron chi connectivity index (χ1n) is 4.72. The van der Waals surface area contributed by atoms with Crippen LogP contribution in [-0.2, 0) is 4.79 Å². The Morgan fingerprint density at radius 1 is 1.50 bits per heavy atom. The van der Waals surface area contributed by atoms with Crippen LogP contribution in [0.4, 0.5) is 0 Å². The van der Waals surface area contributed by atoms with Crippen LogP contribution < -0.4 is 0 Å². The molecule has 1 saturated heterocycles. The number of hydrogen-bond donors (Lipinski definition) is 0. The number of carbonyl (C=O) groups excluding carboxylic acids is 1. The topological polar surface area (TPSA) is 20.3 Å². The summed E-state index contributed by atoms with van der Waals surface area (Å²) >= 11 is 0. The van der Waals surface area contributed by atoms with Crippen molar-refractivity contribution in [3.63, 3.8) is 0 Å². The first kappa shape index (κ1) is 7.84. The van der Waals surface area contributed by atoms with Crippen molar-refractivity contribution in [1.82, 2.24) is 4.90 Å². The number of aldehydes is 1. The first-order valence-corrected chi connectivity index (χ1v) is 4.72. The van der Waals surface area contributed by atoms with Gasteiger partial charge in [0.2, 0.25) is 0 Å². The Morgan fingerprint density at radius 2 is 2.33 bits per heavy atom. The molecule has 0 N–H and O–H groups in total. The third-order valence-corrected chi connectivity index (χ3v) is 3.08. The summed E-state index contributed by atoms with van der Waals surface area (Å²) in [6.45, 7) is 1.14. The van der Waals surface area contributed by atoms with E-state index in [0.29, 0.717) is 5.92 Å². The van der Waals surface area contributed by atoms with Crippen molar-refractivity contribution >= 4 is 6.29 Å². The minimum atomic E-state index is 0.698. The normalized spacial score (nSPS) is 29.1. The molecule has 0 saturated carbocycles. The van der Waals surface area contributed by atoms with E-state index in [9.17, 15) is 4.79 Å². The lowest BCUT2D eigenvalue weighted by Gasteiger charge is -2.24. The second kappa shape index (κ2) is 2.92. The number of allylic oxidation sites excluding steroid dienone is 2. The molecule has 1 aliphatic carbocycles. The lowest BCUT2D eigenvalue weighted by molar-refractivity contribution is -0.105. The summed E-state index contributed by atoms with van der Waals surface area (Å²) in [4.78, 5) is 13.0. The number of likely N-dealkylation sites (tertiary alicyclic amines) is 1. The van der Waals surface area contributed by atoms with Crippen molar-refractivity contribution in [3.05, 3.63) is 11.3 Å². The van der Waals surface area contributed by atoms with E-state index < -0.39 is 0 Å². The third kappa shape index (κ3) is 1.06. The molecule has 66 valence electrons. The van der Waals surface area contributed by atoms with Gasteiger partial charge < -0.3 is 4.90 Å². The second-order valence-corrected chi connectivity index (χ2v) is 3.83. The van der Waals surface area contributed by atoms with Gasteiger partial charge in [-0.3, -0.25) is 4.79 Å². The van der Waals surface area contributed by atoms with Crippen LogP contribution in [0.3, 0.4) is 0 Å². The fourth-order valence-corrected chi connectivity index (χ4v) is 2.49. The van der Waals surface area contributed by atoms with Crippen molar-refractivity contribution < 1.29 is 4.79 Å². The summed E-state index contributed by atoms with van der Waals surface area (Å²) in [7, 11) is 2.10. The van der Waals surface area contributed by atoms with Gasteiger partial charge in [0, 0.05) is 30.8 Å². The van der Waals surface area contributed by atoms with Gasteiger partial charge in [-0.25, -0.2) is 0 Å². The van der Waals surface area contributed by atoms with Gasteiger partial charge in [-0.2, -0.15) is 0 Å². The monoisotopic (exact) mass is 165 g/mol. The third-order valence-electron chi connectivity index (χ3n) is 3.08. The van der Waals surface area contributed by atoms with Crippen LogP contribution in [0.15, 0.2) is 11.3 Å². The van der Waals surface area contributed by atoms with Crippen LogP contribution in [0.1, 0.15) is 25.7 Å². The van der Waals surface area contributed by atoms with Gasteiger partial charge in [0.05, 0.1) is 0 Å². The van der Waals surface area contributed by atoms with Crippen LogP contribution in [0.2, 0.25) is 0 Å². The summed E-state index contributed by atoms with van der Waals surface area (Å²) in [5.74, 6) is 0.698. The Labute approximate surface area is 73.2 Å². The molecule has 2 heteroatoms. The Morgan fingerprint density at radius 3 is 3.08 bits per heavy atom. The standard InChI is InChI=1S/C10H15NO/c1-11-6-5-8-3-2-4-9(7-12)10(8)11/h7-8H,2-6H2,1H3. The van der Waals surface area contributed by atoms with E-state index >= 15 is 0 Å². The summed E-state index contributed by atoms with van der Waals surface area (Å²) < 4.78 is 0. The molecular formula is C10H15NO. The number of nitrogens with zero attached hydrogens (tertiary/aromatic N) is 1. The number of hydrogen-bond acceptors (Lipinski definition) is 2. The van der Waals surface area contributed by atoms with E-state index in [1.165, 1.54) is 25.0 Å². The number of carbonyl (C=O) groups is 1. The Kier molecular flexibility index (Phi) is 1.91. The van der Waals surface area contributed by atoms with Crippen LogP contribution >= 0.6 is 0 Å². The van der Waals surface area contributed by atoms with Crippen LogP contribution in [-0.4, -0.2) is 24.8 Å². The average Bonchev–Trinajstić information content (AvgIpc) is 2.48. The summed E-state index contributed by atoms with van der Waals surface area (Å²) in [6, 6.07) is 0. The molecule has 12 heavy (non-hydrogen) atoms. The van der Waals surface area contributed by atoms with E-state index in [2.05, 4.69) is 11.9 Å². The Bertz CT molecular complexity index is 232. The minimum absolute atomic E-state index is 0.698. The highest BCUT2D eigenvalue weighted by atomic mass is 16.1. The number of rotatable bonds is 1. The van der Waals surface area contributed by atoms with Gasteiger partial charge in [0.15, 0.2) is 0 Å². The highest BCUT2D eigenvalue weighted by Crippen LogP contribution is 2.37. The highest BCUT2D eigenvalue weighted by Gasteiger charge is 2.30. The molecule has 2 aliphatic rings. The van der Waals surface area contributed by atoms with Gasteiger partial charge in [-0.05, 0) is 25.7 Å². The van der Waals surface area contributed by atoms with Gasteiger partial charge in [0.25, 0.3) is 0 Å². The van der Waals surface area contributed by atoms with Gasteiger partial charge in [-0.1, -0.05) is 0 Å². The molecule has 0 aromatic carbocycles. The van der Waals surface area contributed by atoms with E-state index in [-0.39, 0.29) is 0 Å². The van der Waals surface area contributed by atoms with Crippen LogP contribution in [0, 0.1) is 5.92 Å². The van der Waals surface area contributed by atoms with E-state index in [4.69, 9.17) is 0 Å². The van der Waals surface area contributed by atoms with Crippen molar-refractivity contribution in [2.45, 2.75) is 25.7 Å². The predicted molar refractivity (Wildman–Crippen MR) is 47.7 cm³/mol. The summed E-state index contributed by atoms with van der Waals surface area (Å²) in [6.07, 6.45) is 5.80. The van der Waals surface area contributed by atoms with E-state index in [1.54, 1.807) is 0 Å². The maximum Gasteiger partial charge on any atom is 0.147 e. The lowest BCUT2D eigenvalue weighted by Crippen LogP contribution is -2.18. The first-order chi connectivity index (χ1) is 5.83. The molecule has 1 heterocycles. The number of fused-ring (bicyclic) bond motifs is 1. The highest BCUT2D eigenvalue weighted by molar-refractivity contribution is 5.75. The quantitative estimate of drug-likeness (QED) is 0.550. The van der Waals surface area contributed by atoms with Crippen molar-refractivity contribution in [2.75, 3.05) is 13.6 Å². The molecular weight excluding hydrogens is 150 g/mol. The largest absolute Gasteiger partial charge is 0.377 e. The predicted octanol–water partition coefficient (Wildman–Crippen LogP) is 1.57. The maximum absolute atomic E-state index is 10.8. The average molecular weight is 165 g/mol. The summed E-state index contributed by atoms with van der Waals surface area (Å²) in [5.41, 5.74) is 2.41. The molecule has 1 atom stereocenters. The molecule has 2 nitrogen and oxygen atoms in total. The Hall–Kier alpha value is -0.790. The molecule has 0 bridgehead atoms. The van der Waals surface area contributed by atoms with Crippen LogP contribution in [0.5, 0.6) is 0 Å². The minimum Gasteiger partial charge on any atom is -0.377 e. The van der Waals surface area contributed by atoms with Crippen LogP contribution in [0.25, 0.3) is 0 Å². The van der Waals surface area contributed by atoms with Crippen molar-refractivity contribution in [2.24, 2.45) is 5.92 Å². The fourth-order valence-electron chi connectivity index (χ4n) is 2.49. The van der Waals surface area contributed by atoms with E-state index in [1.807, 2.05) is 0 Å². The molecule has 2 rings (SSSR count).